The maximum Gasteiger partial charge on any atom is 0.303 e. The Kier molecular flexibility index (Phi) is 5.62. The summed E-state index contributed by atoms with van der Waals surface area (Å²) >= 11 is 0. The van der Waals surface area contributed by atoms with Gasteiger partial charge in [-0.2, -0.15) is 5.10 Å². The number of hydrogen-bond donors (Lipinski definition) is 3. The van der Waals surface area contributed by atoms with Crippen molar-refractivity contribution in [3.8, 4) is 28.2 Å². The van der Waals surface area contributed by atoms with Crippen LogP contribution in [0.5, 0.6) is 0 Å². The average molecular weight is 410 g/mol. The van der Waals surface area contributed by atoms with Crippen LogP contribution < -0.4 is 5.73 Å². The maximum atomic E-state index is 10.8. The summed E-state index contributed by atoms with van der Waals surface area (Å²) in [6, 6.07) is 27.3. The molecule has 31 heavy (non-hydrogen) atoms. The van der Waals surface area contributed by atoms with Crippen LogP contribution in [0.1, 0.15) is 17.5 Å². The zero-order valence-corrected chi connectivity index (χ0v) is 16.8. The van der Waals surface area contributed by atoms with Gasteiger partial charge in [0.2, 0.25) is 0 Å². The Morgan fingerprint density at radius 3 is 2.19 bits per heavy atom. The van der Waals surface area contributed by atoms with Crippen molar-refractivity contribution < 1.29 is 9.90 Å². The molecule has 3 aromatic carbocycles. The van der Waals surface area contributed by atoms with Crippen LogP contribution >= 0.6 is 0 Å². The van der Waals surface area contributed by atoms with Crippen molar-refractivity contribution in [1.82, 2.24) is 9.78 Å². The number of nitrogen functional groups attached to an aromatic ring is 1. The lowest BCUT2D eigenvalue weighted by atomic mass is 10.0. The first-order valence-corrected chi connectivity index (χ1v) is 9.93. The predicted octanol–water partition coefficient (Wildman–Crippen LogP) is 4.51. The van der Waals surface area contributed by atoms with E-state index in [4.69, 9.17) is 21.3 Å². The topological polar surface area (TPSA) is 105 Å². The number of aromatic nitrogens is 2. The van der Waals surface area contributed by atoms with Crippen molar-refractivity contribution in [2.75, 3.05) is 0 Å². The molecule has 0 radical (unpaired) electrons. The zero-order chi connectivity index (χ0) is 21.8. The molecule has 0 aliphatic carbocycles. The minimum absolute atomic E-state index is 0.0324. The minimum Gasteiger partial charge on any atom is -0.481 e. The molecule has 4 aromatic rings. The molecule has 0 saturated carbocycles. The molecule has 4 N–H and O–H groups in total. The van der Waals surface area contributed by atoms with Gasteiger partial charge in [0, 0.05) is 23.1 Å². The Morgan fingerprint density at radius 2 is 1.58 bits per heavy atom. The molecule has 0 unspecified atom stereocenters. The number of rotatable bonds is 7. The molecule has 0 aliphatic rings. The first-order chi connectivity index (χ1) is 15.0. The Balaban J connectivity index is 1.74. The number of benzene rings is 3. The zero-order valence-electron chi connectivity index (χ0n) is 16.8. The number of aryl methyl sites for hydroxylation is 1. The van der Waals surface area contributed by atoms with E-state index in [9.17, 15) is 4.79 Å². The van der Waals surface area contributed by atoms with E-state index < -0.39 is 5.97 Å². The second-order valence-electron chi connectivity index (χ2n) is 7.24. The molecule has 6 heteroatoms. The molecular weight excluding hydrogens is 388 g/mol. The van der Waals surface area contributed by atoms with Crippen molar-refractivity contribution in [1.29, 1.82) is 5.41 Å². The lowest BCUT2D eigenvalue weighted by molar-refractivity contribution is -0.136. The van der Waals surface area contributed by atoms with Crippen LogP contribution in [0, 0.1) is 5.41 Å². The molecule has 1 heterocycles. The third-order valence-electron chi connectivity index (χ3n) is 5.08. The summed E-state index contributed by atoms with van der Waals surface area (Å²) in [5.41, 5.74) is 11.8. The Labute approximate surface area is 180 Å². The normalized spacial score (nSPS) is 10.7. The molecule has 0 fully saturated rings. The molecule has 0 atom stereocenters. The number of hydrogen-bond acceptors (Lipinski definition) is 3. The highest BCUT2D eigenvalue weighted by molar-refractivity contribution is 5.95. The average Bonchev–Trinajstić information content (AvgIpc) is 3.24. The third-order valence-corrected chi connectivity index (χ3v) is 5.08. The summed E-state index contributed by atoms with van der Waals surface area (Å²) in [6.45, 7) is 0. The van der Waals surface area contributed by atoms with Crippen LogP contribution in [-0.2, 0) is 11.2 Å². The van der Waals surface area contributed by atoms with Crippen LogP contribution in [-0.4, -0.2) is 26.7 Å². The molecule has 0 aliphatic heterocycles. The van der Waals surface area contributed by atoms with Crippen LogP contribution in [0.4, 0.5) is 0 Å². The van der Waals surface area contributed by atoms with Gasteiger partial charge in [0.15, 0.2) is 0 Å². The van der Waals surface area contributed by atoms with Crippen LogP contribution in [0.15, 0.2) is 84.9 Å². The number of carboxylic acids is 1. The van der Waals surface area contributed by atoms with Gasteiger partial charge in [-0.25, -0.2) is 4.68 Å². The SMILES string of the molecule is N=C(N)c1ccc(-c2cc(-c3ccc(CCC(=O)O)cc3)n(-c3ccccc3)n2)cc1. The standard InChI is InChI=1S/C25H22N4O2/c26-25(27)20-13-11-18(12-14-20)22-16-23(29(28-22)21-4-2-1-3-5-21)19-9-6-17(7-10-19)8-15-24(30)31/h1-7,9-14,16H,8,15H2,(H3,26,27)(H,30,31). The van der Waals surface area contributed by atoms with Gasteiger partial charge >= 0.3 is 5.97 Å². The first kappa shape index (κ1) is 20.1. The molecule has 0 amide bonds. The second kappa shape index (κ2) is 8.67. The second-order valence-corrected chi connectivity index (χ2v) is 7.24. The van der Waals surface area contributed by atoms with E-state index in [2.05, 4.69) is 0 Å². The number of aliphatic carboxylic acids is 1. The quantitative estimate of drug-likeness (QED) is 0.308. The fourth-order valence-electron chi connectivity index (χ4n) is 3.41. The molecule has 154 valence electrons. The number of nitrogens with two attached hydrogens (primary N) is 1. The molecule has 6 nitrogen and oxygen atoms in total. The minimum atomic E-state index is -0.799. The summed E-state index contributed by atoms with van der Waals surface area (Å²) in [6.07, 6.45) is 0.614. The summed E-state index contributed by atoms with van der Waals surface area (Å²) < 4.78 is 1.90. The monoisotopic (exact) mass is 410 g/mol. The van der Waals surface area contributed by atoms with E-state index in [1.54, 1.807) is 0 Å². The Morgan fingerprint density at radius 1 is 0.935 bits per heavy atom. The smallest absolute Gasteiger partial charge is 0.303 e. The van der Waals surface area contributed by atoms with Crippen LogP contribution in [0.2, 0.25) is 0 Å². The fraction of sp³-hybridized carbons (Fsp3) is 0.0800. The van der Waals surface area contributed by atoms with Crippen molar-refractivity contribution in [3.05, 3.63) is 96.1 Å². The number of nitrogens with one attached hydrogen (secondary N) is 1. The van der Waals surface area contributed by atoms with E-state index in [1.807, 2.05) is 89.6 Å². The van der Waals surface area contributed by atoms with E-state index in [-0.39, 0.29) is 12.3 Å². The van der Waals surface area contributed by atoms with Gasteiger partial charge in [-0.3, -0.25) is 10.2 Å². The lowest BCUT2D eigenvalue weighted by Gasteiger charge is -2.08. The number of para-hydroxylation sites is 1. The summed E-state index contributed by atoms with van der Waals surface area (Å²) in [5.74, 6) is -0.767. The Hall–Kier alpha value is -4.19. The van der Waals surface area contributed by atoms with Crippen LogP contribution in [0.3, 0.4) is 0 Å². The van der Waals surface area contributed by atoms with Crippen molar-refractivity contribution >= 4 is 11.8 Å². The number of nitrogens with zero attached hydrogens (tertiary/aromatic N) is 2. The van der Waals surface area contributed by atoms with Crippen molar-refractivity contribution in [2.24, 2.45) is 5.73 Å². The van der Waals surface area contributed by atoms with Gasteiger partial charge in [0.1, 0.15) is 5.84 Å². The molecule has 0 saturated heterocycles. The van der Waals surface area contributed by atoms with Gasteiger partial charge in [0.05, 0.1) is 17.1 Å². The molecular formula is C25H22N4O2. The van der Waals surface area contributed by atoms with Crippen molar-refractivity contribution in [3.63, 3.8) is 0 Å². The molecule has 0 bridgehead atoms. The fourth-order valence-corrected chi connectivity index (χ4v) is 3.41. The number of carboxylic acid groups (broad SMARTS) is 1. The van der Waals surface area contributed by atoms with E-state index in [0.717, 1.165) is 33.8 Å². The molecule has 1 aromatic heterocycles. The summed E-state index contributed by atoms with van der Waals surface area (Å²) in [5, 5.41) is 21.3. The summed E-state index contributed by atoms with van der Waals surface area (Å²) in [4.78, 5) is 10.8. The number of carbonyl (C=O) groups is 1. The van der Waals surface area contributed by atoms with Gasteiger partial charge < -0.3 is 10.8 Å². The number of amidine groups is 1. The highest BCUT2D eigenvalue weighted by Gasteiger charge is 2.13. The maximum absolute atomic E-state index is 10.8. The van der Waals surface area contributed by atoms with Gasteiger partial charge in [-0.05, 0) is 30.2 Å². The van der Waals surface area contributed by atoms with E-state index in [1.165, 1.54) is 0 Å². The van der Waals surface area contributed by atoms with Crippen LogP contribution in [0.25, 0.3) is 28.2 Å². The predicted molar refractivity (Wildman–Crippen MR) is 121 cm³/mol. The Bertz CT molecular complexity index is 1210. The lowest BCUT2D eigenvalue weighted by Crippen LogP contribution is -2.10. The van der Waals surface area contributed by atoms with E-state index in [0.29, 0.717) is 12.0 Å². The van der Waals surface area contributed by atoms with Crippen molar-refractivity contribution in [2.45, 2.75) is 12.8 Å². The molecule has 0 spiro atoms. The largest absolute Gasteiger partial charge is 0.481 e. The third kappa shape index (κ3) is 4.53. The first-order valence-electron chi connectivity index (χ1n) is 9.93. The highest BCUT2D eigenvalue weighted by Crippen LogP contribution is 2.29. The van der Waals surface area contributed by atoms with Gasteiger partial charge in [-0.15, -0.1) is 0 Å². The van der Waals surface area contributed by atoms with Gasteiger partial charge in [-0.1, -0.05) is 66.7 Å². The summed E-state index contributed by atoms with van der Waals surface area (Å²) in [7, 11) is 0. The van der Waals surface area contributed by atoms with E-state index >= 15 is 0 Å². The van der Waals surface area contributed by atoms with Gasteiger partial charge in [0.25, 0.3) is 0 Å². The molecule has 4 rings (SSSR count). The highest BCUT2D eigenvalue weighted by atomic mass is 16.4.